The second-order valence-corrected chi connectivity index (χ2v) is 22.2. The van der Waals surface area contributed by atoms with Crippen molar-refractivity contribution in [1.82, 2.24) is 15.0 Å². The number of unbranched alkanes of at least 4 members (excludes halogenated alkanes) is 4. The van der Waals surface area contributed by atoms with E-state index in [4.69, 9.17) is 15.0 Å². The molecule has 50 heavy (non-hydrogen) atoms. The first-order valence-electron chi connectivity index (χ1n) is 19.7. The Bertz CT molecular complexity index is 1400. The zero-order valence-electron chi connectivity index (χ0n) is 34.1. The van der Waals surface area contributed by atoms with Crippen LogP contribution in [0.5, 0.6) is 0 Å². The highest BCUT2D eigenvalue weighted by Crippen LogP contribution is 2.96. The van der Waals surface area contributed by atoms with Gasteiger partial charge in [-0.3, -0.25) is 0 Å². The van der Waals surface area contributed by atoms with Crippen molar-refractivity contribution in [1.29, 1.82) is 0 Å². The normalized spacial score (nSPS) is 19.1. The first-order valence-corrected chi connectivity index (χ1v) is 22.7. The molecule has 3 aromatic rings. The fourth-order valence-electron chi connectivity index (χ4n) is 7.93. The monoisotopic (exact) mass is 718 g/mol. The van der Waals surface area contributed by atoms with Gasteiger partial charge in [-0.1, -0.05) is 117 Å². The standard InChI is InChI=1S/C43H69N5P2/c1-14-18-22-47(23-19-15-2)40-44-41(48(24-20-16-3)25-21-17-4)46-42(45-40)49-38(36-32(7)26-30(5)27-33(36)8)50(43(11,12)13)39(49)37-34(9)28-31(6)29-35(37)10/h26-29,38-39H,14-25H2,1-13H3. The van der Waals surface area contributed by atoms with E-state index in [9.17, 15) is 0 Å². The van der Waals surface area contributed by atoms with Crippen LogP contribution in [-0.2, 0) is 0 Å². The van der Waals surface area contributed by atoms with Crippen molar-refractivity contribution in [2.45, 2.75) is 157 Å². The maximum atomic E-state index is 5.64. The van der Waals surface area contributed by atoms with Gasteiger partial charge in [-0.25, -0.2) is 0 Å². The van der Waals surface area contributed by atoms with Crippen LogP contribution in [0.25, 0.3) is 0 Å². The third kappa shape index (κ3) is 9.28. The third-order valence-corrected chi connectivity index (χ3v) is 18.7. The molecular weight excluding hydrogens is 648 g/mol. The summed E-state index contributed by atoms with van der Waals surface area (Å²) in [5, 5.41) is 1.04. The minimum atomic E-state index is -0.780. The van der Waals surface area contributed by atoms with Gasteiger partial charge < -0.3 is 9.80 Å². The highest BCUT2D eigenvalue weighted by atomic mass is 31.2. The van der Waals surface area contributed by atoms with E-state index in [1.165, 1.54) is 33.4 Å². The van der Waals surface area contributed by atoms with Crippen LogP contribution in [0.1, 0.15) is 155 Å². The molecule has 0 bridgehead atoms. The lowest BCUT2D eigenvalue weighted by Gasteiger charge is -2.59. The molecule has 1 aliphatic heterocycles. The first kappa shape index (κ1) is 40.7. The van der Waals surface area contributed by atoms with Gasteiger partial charge in [-0.2, -0.15) is 15.0 Å². The number of aromatic nitrogens is 3. The molecule has 0 spiro atoms. The Labute approximate surface area is 309 Å². The van der Waals surface area contributed by atoms with Crippen LogP contribution in [0.3, 0.4) is 0 Å². The Hall–Kier alpha value is -2.09. The molecule has 1 fully saturated rings. The van der Waals surface area contributed by atoms with E-state index in [1.807, 2.05) is 0 Å². The van der Waals surface area contributed by atoms with Gasteiger partial charge in [0.2, 0.25) is 11.9 Å². The average Bonchev–Trinajstić information content (AvgIpc) is 3.02. The van der Waals surface area contributed by atoms with Gasteiger partial charge in [0.25, 0.3) is 0 Å². The molecule has 276 valence electrons. The molecule has 1 aliphatic rings. The highest BCUT2D eigenvalue weighted by molar-refractivity contribution is 7.95. The lowest BCUT2D eigenvalue weighted by atomic mass is 10.0. The van der Waals surface area contributed by atoms with Crippen molar-refractivity contribution in [2.75, 3.05) is 36.0 Å². The lowest BCUT2D eigenvalue weighted by Crippen LogP contribution is -2.38. The minimum absolute atomic E-state index is 0.165. The van der Waals surface area contributed by atoms with E-state index in [2.05, 4.69) is 124 Å². The Morgan fingerprint density at radius 2 is 0.860 bits per heavy atom. The average molecular weight is 718 g/mol. The van der Waals surface area contributed by atoms with Gasteiger partial charge in [-0.15, -0.1) is 0 Å². The topological polar surface area (TPSA) is 45.2 Å². The quantitative estimate of drug-likeness (QED) is 0.130. The second-order valence-electron chi connectivity index (χ2n) is 16.0. The molecule has 4 rings (SSSR count). The van der Waals surface area contributed by atoms with Crippen LogP contribution < -0.4 is 15.4 Å². The van der Waals surface area contributed by atoms with Crippen LogP contribution in [0.2, 0.25) is 0 Å². The predicted molar refractivity (Wildman–Crippen MR) is 224 cm³/mol. The summed E-state index contributed by atoms with van der Waals surface area (Å²) >= 11 is 0. The smallest absolute Gasteiger partial charge is 0.230 e. The number of hydrogen-bond acceptors (Lipinski definition) is 5. The zero-order valence-corrected chi connectivity index (χ0v) is 35.9. The van der Waals surface area contributed by atoms with Crippen molar-refractivity contribution in [3.8, 4) is 0 Å². The Kier molecular flexibility index (Phi) is 14.7. The molecular formula is C43H69N5P2. The fourth-order valence-corrected chi connectivity index (χ4v) is 19.0. The molecule has 5 nitrogen and oxygen atoms in total. The molecule has 2 unspecified atom stereocenters. The van der Waals surface area contributed by atoms with Gasteiger partial charge in [0, 0.05) is 37.0 Å². The fraction of sp³-hybridized carbons (Fsp3) is 0.651. The van der Waals surface area contributed by atoms with Gasteiger partial charge in [0.15, 0.2) is 5.57 Å². The van der Waals surface area contributed by atoms with Gasteiger partial charge in [0.05, 0.1) is 0 Å². The van der Waals surface area contributed by atoms with Gasteiger partial charge in [-0.05, 0) is 114 Å². The zero-order chi connectivity index (χ0) is 36.7. The van der Waals surface area contributed by atoms with Crippen LogP contribution in [0, 0.1) is 41.5 Å². The van der Waals surface area contributed by atoms with E-state index < -0.39 is 15.8 Å². The van der Waals surface area contributed by atoms with Crippen molar-refractivity contribution < 1.29 is 0 Å². The molecule has 7 heteroatoms. The van der Waals surface area contributed by atoms with Crippen molar-refractivity contribution in [2.24, 2.45) is 0 Å². The molecule has 2 atom stereocenters. The van der Waals surface area contributed by atoms with E-state index in [0.29, 0.717) is 10.8 Å². The summed E-state index contributed by atoms with van der Waals surface area (Å²) in [6, 6.07) is 9.67. The van der Waals surface area contributed by atoms with Crippen molar-refractivity contribution in [3.63, 3.8) is 0 Å². The molecule has 0 N–H and O–H groups in total. The molecule has 0 radical (unpaired) electrons. The summed E-state index contributed by atoms with van der Waals surface area (Å²) in [5.41, 5.74) is 12.6. The maximum absolute atomic E-state index is 5.64. The van der Waals surface area contributed by atoms with Crippen molar-refractivity contribution >= 4 is 33.3 Å². The number of benzene rings is 2. The third-order valence-electron chi connectivity index (χ3n) is 10.3. The molecule has 0 amide bonds. The molecule has 0 aliphatic carbocycles. The van der Waals surface area contributed by atoms with Crippen LogP contribution in [0.15, 0.2) is 24.3 Å². The Balaban J connectivity index is 2.06. The van der Waals surface area contributed by atoms with E-state index in [1.54, 1.807) is 11.1 Å². The molecule has 1 saturated heterocycles. The van der Waals surface area contributed by atoms with Gasteiger partial charge in [0.1, 0.15) is 0 Å². The lowest BCUT2D eigenvalue weighted by molar-refractivity contribution is 0.646. The Morgan fingerprint density at radius 3 is 1.14 bits per heavy atom. The summed E-state index contributed by atoms with van der Waals surface area (Å²) in [7, 11) is -1.23. The summed E-state index contributed by atoms with van der Waals surface area (Å²) in [6.45, 7) is 34.6. The van der Waals surface area contributed by atoms with E-state index in [-0.39, 0.29) is 5.16 Å². The summed E-state index contributed by atoms with van der Waals surface area (Å²) in [5.74, 6) is 1.82. The number of hydrogen-bond donors (Lipinski definition) is 0. The largest absolute Gasteiger partial charge is 0.341 e. The molecule has 2 heterocycles. The molecule has 1 aromatic heterocycles. The summed E-state index contributed by atoms with van der Waals surface area (Å²) in [4.78, 5) is 21.7. The Morgan fingerprint density at radius 1 is 0.540 bits per heavy atom. The minimum Gasteiger partial charge on any atom is -0.341 e. The van der Waals surface area contributed by atoms with Crippen LogP contribution in [-0.4, -0.2) is 46.3 Å². The number of nitrogens with zero attached hydrogens (tertiary/aromatic N) is 5. The maximum Gasteiger partial charge on any atom is 0.230 e. The van der Waals surface area contributed by atoms with E-state index >= 15 is 0 Å². The number of aryl methyl sites for hydroxylation is 6. The predicted octanol–water partition coefficient (Wildman–Crippen LogP) is 12.3. The number of rotatable bonds is 17. The van der Waals surface area contributed by atoms with Gasteiger partial charge >= 0.3 is 0 Å². The van der Waals surface area contributed by atoms with E-state index in [0.717, 1.165) is 95.0 Å². The highest BCUT2D eigenvalue weighted by Gasteiger charge is 2.58. The molecule has 0 saturated carbocycles. The van der Waals surface area contributed by atoms with Crippen molar-refractivity contribution in [3.05, 3.63) is 68.8 Å². The van der Waals surface area contributed by atoms with Crippen LogP contribution in [0.4, 0.5) is 11.9 Å². The SMILES string of the molecule is CCCCN(CCCC)c1nc(N(CCCC)CCCC)nc(P2C(c3c(C)cc(C)cc3C)P(C(C)(C)C)C2c2c(C)cc(C)cc2C)n1. The summed E-state index contributed by atoms with van der Waals surface area (Å²) < 4.78 is 0. The number of anilines is 2. The molecule has 2 aromatic carbocycles. The van der Waals surface area contributed by atoms with Crippen LogP contribution >= 0.6 is 15.8 Å². The first-order chi connectivity index (χ1) is 23.8. The second kappa shape index (κ2) is 18.1. The summed E-state index contributed by atoms with van der Waals surface area (Å²) in [6.07, 6.45) is 9.24.